The molecule has 6 aromatic rings. The number of imide groups is 1. The summed E-state index contributed by atoms with van der Waals surface area (Å²) in [4.78, 5) is 48.6. The van der Waals surface area contributed by atoms with Crippen molar-refractivity contribution < 1.29 is 14.4 Å². The second-order valence-corrected chi connectivity index (χ2v) is 14.0. The van der Waals surface area contributed by atoms with Gasteiger partial charge in [-0.1, -0.05) is 169 Å². The van der Waals surface area contributed by atoms with Crippen LogP contribution >= 0.6 is 0 Å². The minimum absolute atomic E-state index is 0.119. The molecule has 0 radical (unpaired) electrons. The molecule has 1 aliphatic heterocycles. The van der Waals surface area contributed by atoms with Crippen LogP contribution in [0, 0.1) is 25.7 Å². The van der Waals surface area contributed by atoms with E-state index in [1.54, 1.807) is 0 Å². The minimum atomic E-state index is -1.44. The molecule has 4 nitrogen and oxygen atoms in total. The molecule has 6 aromatic carbocycles. The van der Waals surface area contributed by atoms with E-state index in [-0.39, 0.29) is 17.6 Å². The molecule has 0 unspecified atom stereocenters. The number of benzene rings is 6. The maximum Gasteiger partial charge on any atom is 0.239 e. The van der Waals surface area contributed by atoms with E-state index in [2.05, 4.69) is 48.5 Å². The van der Waals surface area contributed by atoms with Gasteiger partial charge in [0.15, 0.2) is 5.78 Å². The molecular formula is C47H35NO3. The first-order valence-electron chi connectivity index (χ1n) is 17.5. The summed E-state index contributed by atoms with van der Waals surface area (Å²) in [7, 11) is 0. The highest BCUT2D eigenvalue weighted by Crippen LogP contribution is 2.74. The van der Waals surface area contributed by atoms with E-state index in [0.29, 0.717) is 5.69 Å². The van der Waals surface area contributed by atoms with Crippen LogP contribution in [0.1, 0.15) is 33.4 Å². The van der Waals surface area contributed by atoms with Gasteiger partial charge in [-0.25, -0.2) is 4.90 Å². The summed E-state index contributed by atoms with van der Waals surface area (Å²) in [5.41, 5.74) is 6.28. The molecule has 1 saturated carbocycles. The van der Waals surface area contributed by atoms with Crippen LogP contribution in [-0.2, 0) is 25.2 Å². The van der Waals surface area contributed by atoms with Crippen LogP contribution in [0.2, 0.25) is 0 Å². The van der Waals surface area contributed by atoms with Crippen LogP contribution in [0.5, 0.6) is 0 Å². The van der Waals surface area contributed by atoms with Crippen LogP contribution in [0.15, 0.2) is 164 Å². The van der Waals surface area contributed by atoms with Gasteiger partial charge in [0.2, 0.25) is 11.8 Å². The van der Waals surface area contributed by atoms with E-state index in [1.165, 1.54) is 4.90 Å². The summed E-state index contributed by atoms with van der Waals surface area (Å²) in [6, 6.07) is 53.3. The summed E-state index contributed by atoms with van der Waals surface area (Å²) in [6.45, 7) is 4.08. The van der Waals surface area contributed by atoms with Gasteiger partial charge in [0.25, 0.3) is 0 Å². The smallest absolute Gasteiger partial charge is 0.239 e. The lowest BCUT2D eigenvalue weighted by atomic mass is 9.59. The fourth-order valence-electron chi connectivity index (χ4n) is 9.33. The van der Waals surface area contributed by atoms with Crippen molar-refractivity contribution >= 4 is 34.4 Å². The highest BCUT2D eigenvalue weighted by atomic mass is 16.2. The molecule has 9 rings (SSSR count). The Morgan fingerprint density at radius 2 is 0.824 bits per heavy atom. The number of nitrogens with zero attached hydrogens (tertiary/aromatic N) is 1. The molecule has 51 heavy (non-hydrogen) atoms. The van der Waals surface area contributed by atoms with Crippen molar-refractivity contribution in [2.24, 2.45) is 11.8 Å². The van der Waals surface area contributed by atoms with Crippen LogP contribution in [0.4, 0.5) is 5.69 Å². The topological polar surface area (TPSA) is 54.5 Å². The largest absolute Gasteiger partial charge is 0.297 e. The average Bonchev–Trinajstić information content (AvgIpc) is 3.68. The third-order valence-electron chi connectivity index (χ3n) is 11.4. The number of hydrogen-bond donors (Lipinski definition) is 0. The maximum atomic E-state index is 16.2. The molecule has 2 amide bonds. The van der Waals surface area contributed by atoms with Crippen molar-refractivity contribution in [2.75, 3.05) is 4.90 Å². The number of amides is 2. The first-order chi connectivity index (χ1) is 24.9. The Kier molecular flexibility index (Phi) is 6.94. The molecule has 4 atom stereocenters. The number of para-hydroxylation sites is 1. The standard InChI is InChI=1S/C47H35NO3/c1-30-22-26-33(27-23-30)39-40(34-28-24-31(2)25-29-34)47(36-18-10-5-11-19-36)42-41(46(39,45(47)51)35-16-8-4-9-17-35)43(49)48(44(42)50)38-21-13-12-20-37(38)32-14-6-3-7-15-32/h3-29,41-42H,1-2H3/t41-,42-,46-,47-/m1/s1. The van der Waals surface area contributed by atoms with Gasteiger partial charge >= 0.3 is 0 Å². The van der Waals surface area contributed by atoms with Gasteiger partial charge in [0, 0.05) is 5.56 Å². The minimum Gasteiger partial charge on any atom is -0.297 e. The quantitative estimate of drug-likeness (QED) is 0.167. The highest BCUT2D eigenvalue weighted by molar-refractivity contribution is 6.39. The number of ketones is 1. The second kappa shape index (κ2) is 11.5. The molecule has 2 fully saturated rings. The SMILES string of the molecule is Cc1ccc(C2=C(c3ccc(C)cc3)[C@@]3(c4ccccc4)C(=O)[C@@]2(c2ccccc2)[C@H]2C(=O)N(c4ccccc4-c4ccccc4)C(=O)[C@@H]23)cc1. The zero-order chi connectivity index (χ0) is 34.9. The third kappa shape index (κ3) is 4.11. The number of carbonyl (C=O) groups is 3. The third-order valence-corrected chi connectivity index (χ3v) is 11.4. The van der Waals surface area contributed by atoms with Gasteiger partial charge in [-0.3, -0.25) is 14.4 Å². The van der Waals surface area contributed by atoms with E-state index in [9.17, 15) is 0 Å². The molecule has 3 aliphatic rings. The van der Waals surface area contributed by atoms with Crippen molar-refractivity contribution in [3.05, 3.63) is 197 Å². The normalized spacial score (nSPS) is 23.6. The predicted molar refractivity (Wildman–Crippen MR) is 202 cm³/mol. The second-order valence-electron chi connectivity index (χ2n) is 14.0. The summed E-state index contributed by atoms with van der Waals surface area (Å²) in [6.07, 6.45) is 0. The number of allylic oxidation sites excluding steroid dienone is 2. The van der Waals surface area contributed by atoms with E-state index in [4.69, 9.17) is 0 Å². The van der Waals surface area contributed by atoms with E-state index in [0.717, 1.165) is 55.7 Å². The first kappa shape index (κ1) is 30.9. The average molecular weight is 662 g/mol. The summed E-state index contributed by atoms with van der Waals surface area (Å²) in [5, 5.41) is 0. The van der Waals surface area contributed by atoms with Crippen molar-refractivity contribution in [3.8, 4) is 11.1 Å². The summed E-state index contributed by atoms with van der Waals surface area (Å²) in [5.74, 6) is -2.78. The van der Waals surface area contributed by atoms with Crippen molar-refractivity contribution in [2.45, 2.75) is 24.7 Å². The lowest BCUT2D eigenvalue weighted by Gasteiger charge is -2.39. The fraction of sp³-hybridized carbons (Fsp3) is 0.128. The van der Waals surface area contributed by atoms with Crippen LogP contribution in [0.3, 0.4) is 0 Å². The van der Waals surface area contributed by atoms with E-state index >= 15 is 14.4 Å². The monoisotopic (exact) mass is 661 g/mol. The Labute approximate surface area is 297 Å². The molecule has 0 spiro atoms. The van der Waals surface area contributed by atoms with Crippen molar-refractivity contribution in [1.82, 2.24) is 0 Å². The van der Waals surface area contributed by atoms with Gasteiger partial charge < -0.3 is 0 Å². The number of rotatable bonds is 6. The first-order valence-corrected chi connectivity index (χ1v) is 17.5. The van der Waals surface area contributed by atoms with Crippen molar-refractivity contribution in [1.29, 1.82) is 0 Å². The summed E-state index contributed by atoms with van der Waals surface area (Å²) >= 11 is 0. The molecule has 0 aromatic heterocycles. The van der Waals surface area contributed by atoms with E-state index in [1.807, 2.05) is 129 Å². The molecule has 246 valence electrons. The van der Waals surface area contributed by atoms with Crippen LogP contribution in [-0.4, -0.2) is 17.6 Å². The van der Waals surface area contributed by atoms with Gasteiger partial charge in [0.05, 0.1) is 28.4 Å². The zero-order valence-corrected chi connectivity index (χ0v) is 28.4. The van der Waals surface area contributed by atoms with Crippen LogP contribution < -0.4 is 4.90 Å². The molecular weight excluding hydrogens is 627 g/mol. The molecule has 4 heteroatoms. The van der Waals surface area contributed by atoms with Crippen molar-refractivity contribution in [3.63, 3.8) is 0 Å². The molecule has 2 bridgehead atoms. The molecule has 2 aliphatic carbocycles. The Hall–Kier alpha value is -6.13. The fourth-order valence-corrected chi connectivity index (χ4v) is 9.33. The lowest BCUT2D eigenvalue weighted by molar-refractivity contribution is -0.130. The number of hydrogen-bond acceptors (Lipinski definition) is 3. The Balaban J connectivity index is 1.42. The number of Topliss-reactive ketones (excluding diaryl/α,β-unsaturated/α-hetero) is 1. The number of aryl methyl sites for hydroxylation is 2. The highest BCUT2D eigenvalue weighted by Gasteiger charge is 2.82. The number of fused-ring (bicyclic) bond motifs is 5. The Bertz CT molecular complexity index is 2250. The Morgan fingerprint density at radius 1 is 0.431 bits per heavy atom. The lowest BCUT2D eigenvalue weighted by Crippen LogP contribution is -2.45. The summed E-state index contributed by atoms with van der Waals surface area (Å²) < 4.78 is 0. The maximum absolute atomic E-state index is 16.2. The molecule has 0 N–H and O–H groups in total. The van der Waals surface area contributed by atoms with E-state index < -0.39 is 22.7 Å². The van der Waals surface area contributed by atoms with Gasteiger partial charge in [0.1, 0.15) is 0 Å². The van der Waals surface area contributed by atoms with Gasteiger partial charge in [-0.05, 0) is 58.9 Å². The van der Waals surface area contributed by atoms with Gasteiger partial charge in [-0.2, -0.15) is 0 Å². The van der Waals surface area contributed by atoms with Crippen LogP contribution in [0.25, 0.3) is 22.3 Å². The molecule has 1 saturated heterocycles. The number of anilines is 1. The van der Waals surface area contributed by atoms with Gasteiger partial charge in [-0.15, -0.1) is 0 Å². The Morgan fingerprint density at radius 3 is 1.27 bits per heavy atom. The number of carbonyl (C=O) groups excluding carboxylic acids is 3. The predicted octanol–water partition coefficient (Wildman–Crippen LogP) is 9.16. The zero-order valence-electron chi connectivity index (χ0n) is 28.4. The molecule has 1 heterocycles.